The van der Waals surface area contributed by atoms with Crippen molar-refractivity contribution in [2.24, 2.45) is 17.8 Å². The minimum absolute atomic E-state index is 0.0135. The Bertz CT molecular complexity index is 1310. The van der Waals surface area contributed by atoms with E-state index in [9.17, 15) is 18.4 Å². The van der Waals surface area contributed by atoms with Crippen molar-refractivity contribution in [3.8, 4) is 5.69 Å². The molecule has 0 radical (unpaired) electrons. The van der Waals surface area contributed by atoms with Crippen molar-refractivity contribution >= 4 is 21.8 Å². The summed E-state index contributed by atoms with van der Waals surface area (Å²) in [6.07, 6.45) is 8.06. The summed E-state index contributed by atoms with van der Waals surface area (Å²) in [7, 11) is 0. The fraction of sp³-hybridized carbons (Fsp3) is 0.407. The molecule has 35 heavy (non-hydrogen) atoms. The van der Waals surface area contributed by atoms with Gasteiger partial charge in [-0.3, -0.25) is 14.3 Å². The minimum Gasteiger partial charge on any atom is -0.346 e. The van der Waals surface area contributed by atoms with Crippen LogP contribution < -0.4 is 10.9 Å². The molecule has 1 aromatic heterocycles. The number of aromatic nitrogens is 2. The van der Waals surface area contributed by atoms with E-state index >= 15 is 0 Å². The first kappa shape index (κ1) is 22.7. The molecule has 1 heterocycles. The smallest absolute Gasteiger partial charge is 0.284 e. The molecule has 7 rings (SSSR count). The third kappa shape index (κ3) is 4.05. The van der Waals surface area contributed by atoms with Crippen LogP contribution in [0.3, 0.4) is 0 Å². The Morgan fingerprint density at radius 3 is 2.11 bits per heavy atom. The fourth-order valence-corrected chi connectivity index (χ4v) is 7.29. The first-order valence-corrected chi connectivity index (χ1v) is 12.9. The quantitative estimate of drug-likeness (QED) is 0.468. The molecule has 0 spiro atoms. The van der Waals surface area contributed by atoms with Gasteiger partial charge in [0, 0.05) is 21.8 Å². The molecule has 0 saturated heterocycles. The summed E-state index contributed by atoms with van der Waals surface area (Å²) in [5.41, 5.74) is -0.433. The normalized spacial score (nSPS) is 26.8. The fourth-order valence-electron chi connectivity index (χ4n) is 7.03. The van der Waals surface area contributed by atoms with Crippen molar-refractivity contribution in [1.29, 1.82) is 0 Å². The zero-order valence-electron chi connectivity index (χ0n) is 19.1. The lowest BCUT2D eigenvalue weighted by atomic mass is 9.53. The van der Waals surface area contributed by atoms with Crippen LogP contribution in [0.4, 0.5) is 8.78 Å². The summed E-state index contributed by atoms with van der Waals surface area (Å²) in [6, 6.07) is 10.7. The number of halogens is 3. The topological polar surface area (TPSA) is 56.0 Å². The maximum atomic E-state index is 14.5. The Morgan fingerprint density at radius 2 is 1.54 bits per heavy atom. The number of carbonyl (C=O) groups is 1. The molecule has 182 valence electrons. The van der Waals surface area contributed by atoms with Gasteiger partial charge in [0.05, 0.1) is 12.2 Å². The van der Waals surface area contributed by atoms with Gasteiger partial charge in [0.2, 0.25) is 0 Å². The van der Waals surface area contributed by atoms with Crippen LogP contribution in [0.1, 0.15) is 54.4 Å². The zero-order valence-corrected chi connectivity index (χ0v) is 20.7. The standard InChI is InChI=1S/C27H26BrF2N3O2/c28-19-4-6-20(7-5-19)33-26(35)22(15-32(33)14-21-23(29)2-1-3-24(21)30)25(34)31-27-11-16-8-17(12-27)10-18(9-16)13-27/h1-7,15-18H,8-14H2,(H,31,34). The van der Waals surface area contributed by atoms with E-state index in [1.165, 1.54) is 53.0 Å². The molecule has 0 atom stereocenters. The van der Waals surface area contributed by atoms with Crippen LogP contribution in [0.25, 0.3) is 5.69 Å². The van der Waals surface area contributed by atoms with Gasteiger partial charge in [-0.15, -0.1) is 0 Å². The van der Waals surface area contributed by atoms with Crippen molar-refractivity contribution in [2.45, 2.75) is 50.6 Å². The molecule has 8 heteroatoms. The van der Waals surface area contributed by atoms with Crippen LogP contribution in [0.2, 0.25) is 0 Å². The number of rotatable bonds is 5. The molecule has 4 bridgehead atoms. The monoisotopic (exact) mass is 541 g/mol. The van der Waals surface area contributed by atoms with Crippen LogP contribution in [0.5, 0.6) is 0 Å². The highest BCUT2D eigenvalue weighted by Crippen LogP contribution is 2.55. The molecule has 5 nitrogen and oxygen atoms in total. The lowest BCUT2D eigenvalue weighted by Crippen LogP contribution is -2.60. The Balaban J connectivity index is 1.38. The van der Waals surface area contributed by atoms with E-state index in [1.54, 1.807) is 24.3 Å². The summed E-state index contributed by atoms with van der Waals surface area (Å²) in [6.45, 7) is -0.228. The molecule has 4 aliphatic carbocycles. The third-order valence-electron chi connectivity index (χ3n) is 8.07. The van der Waals surface area contributed by atoms with E-state index < -0.39 is 23.1 Å². The van der Waals surface area contributed by atoms with E-state index in [4.69, 9.17) is 0 Å². The van der Waals surface area contributed by atoms with Crippen LogP contribution in [-0.4, -0.2) is 20.8 Å². The van der Waals surface area contributed by atoms with Crippen molar-refractivity contribution < 1.29 is 13.6 Å². The third-order valence-corrected chi connectivity index (χ3v) is 8.60. The molecule has 0 unspecified atom stereocenters. The van der Waals surface area contributed by atoms with Gasteiger partial charge < -0.3 is 5.32 Å². The summed E-state index contributed by atoms with van der Waals surface area (Å²) in [5.74, 6) is 0.135. The molecule has 4 aliphatic rings. The second-order valence-electron chi connectivity index (χ2n) is 10.6. The van der Waals surface area contributed by atoms with Crippen LogP contribution >= 0.6 is 15.9 Å². The van der Waals surface area contributed by atoms with E-state index in [2.05, 4.69) is 21.2 Å². The summed E-state index contributed by atoms with van der Waals surface area (Å²) in [5, 5.41) is 3.25. The van der Waals surface area contributed by atoms with Gasteiger partial charge in [0.25, 0.3) is 11.5 Å². The first-order chi connectivity index (χ1) is 16.8. The number of hydrogen-bond donors (Lipinski definition) is 1. The van der Waals surface area contributed by atoms with E-state index in [-0.39, 0.29) is 23.2 Å². The van der Waals surface area contributed by atoms with E-state index in [0.717, 1.165) is 23.7 Å². The first-order valence-electron chi connectivity index (χ1n) is 12.1. The summed E-state index contributed by atoms with van der Waals surface area (Å²) >= 11 is 3.39. The predicted molar refractivity (Wildman–Crippen MR) is 132 cm³/mol. The van der Waals surface area contributed by atoms with Crippen molar-refractivity contribution in [1.82, 2.24) is 14.7 Å². The van der Waals surface area contributed by atoms with Gasteiger partial charge in [-0.05, 0) is 92.7 Å². The van der Waals surface area contributed by atoms with E-state index in [0.29, 0.717) is 23.4 Å². The molecular weight excluding hydrogens is 516 g/mol. The molecule has 1 N–H and O–H groups in total. The maximum Gasteiger partial charge on any atom is 0.284 e. The second kappa shape index (κ2) is 8.43. The lowest BCUT2D eigenvalue weighted by molar-refractivity contribution is -0.0167. The number of benzene rings is 2. The average Bonchev–Trinajstić information content (AvgIpc) is 3.12. The Kier molecular flexibility index (Phi) is 5.47. The predicted octanol–water partition coefficient (Wildman–Crippen LogP) is 5.43. The zero-order chi connectivity index (χ0) is 24.3. The number of hydrogen-bond acceptors (Lipinski definition) is 2. The lowest BCUT2D eigenvalue weighted by Gasteiger charge is -2.56. The number of carbonyl (C=O) groups excluding carboxylic acids is 1. The van der Waals surface area contributed by atoms with E-state index in [1.807, 2.05) is 0 Å². The largest absolute Gasteiger partial charge is 0.346 e. The number of nitrogens with one attached hydrogen (secondary N) is 1. The Labute approximate surface area is 210 Å². The van der Waals surface area contributed by atoms with Gasteiger partial charge in [-0.2, -0.15) is 0 Å². The maximum absolute atomic E-state index is 14.5. The van der Waals surface area contributed by atoms with Crippen LogP contribution in [-0.2, 0) is 6.54 Å². The van der Waals surface area contributed by atoms with Crippen LogP contribution in [0, 0.1) is 29.4 Å². The molecule has 4 fully saturated rings. The van der Waals surface area contributed by atoms with Gasteiger partial charge in [0.15, 0.2) is 0 Å². The molecule has 1 amide bonds. The molecule has 3 aromatic rings. The summed E-state index contributed by atoms with van der Waals surface area (Å²) in [4.78, 5) is 27.0. The molecule has 2 aromatic carbocycles. The summed E-state index contributed by atoms with van der Waals surface area (Å²) < 4.78 is 32.5. The van der Waals surface area contributed by atoms with Gasteiger partial charge >= 0.3 is 0 Å². The molecular formula is C27H26BrF2N3O2. The number of nitrogens with zero attached hydrogens (tertiary/aromatic N) is 2. The highest BCUT2D eigenvalue weighted by molar-refractivity contribution is 9.10. The second-order valence-corrected chi connectivity index (χ2v) is 11.5. The van der Waals surface area contributed by atoms with Crippen molar-refractivity contribution in [3.63, 3.8) is 0 Å². The highest BCUT2D eigenvalue weighted by Gasteiger charge is 2.51. The average molecular weight is 542 g/mol. The SMILES string of the molecule is O=C(NC12CC3CC(CC(C3)C1)C2)c1cn(Cc2c(F)cccc2F)n(-c2ccc(Br)cc2)c1=O. The van der Waals surface area contributed by atoms with Crippen molar-refractivity contribution in [2.75, 3.05) is 0 Å². The highest BCUT2D eigenvalue weighted by atomic mass is 79.9. The van der Waals surface area contributed by atoms with Gasteiger partial charge in [0.1, 0.15) is 17.2 Å². The Hall–Kier alpha value is -2.74. The van der Waals surface area contributed by atoms with Crippen LogP contribution in [0.15, 0.2) is 57.9 Å². The molecule has 4 saturated carbocycles. The van der Waals surface area contributed by atoms with Crippen molar-refractivity contribution in [3.05, 3.63) is 86.2 Å². The number of amides is 1. The van der Waals surface area contributed by atoms with Gasteiger partial charge in [-0.25, -0.2) is 13.5 Å². The molecule has 0 aliphatic heterocycles. The Morgan fingerprint density at radius 1 is 0.971 bits per heavy atom. The van der Waals surface area contributed by atoms with Gasteiger partial charge in [-0.1, -0.05) is 22.0 Å². The minimum atomic E-state index is -0.701.